The summed E-state index contributed by atoms with van der Waals surface area (Å²) in [5, 5.41) is 13.7. The summed E-state index contributed by atoms with van der Waals surface area (Å²) in [6.07, 6.45) is 1.79. The molecule has 0 spiro atoms. The van der Waals surface area contributed by atoms with Crippen molar-refractivity contribution in [1.82, 2.24) is 19.8 Å². The molecule has 0 aliphatic carbocycles. The largest absolute Gasteiger partial charge is 0.497 e. The summed E-state index contributed by atoms with van der Waals surface area (Å²) >= 11 is 5.61. The van der Waals surface area contributed by atoms with Crippen LogP contribution in [0.1, 0.15) is 29.2 Å². The van der Waals surface area contributed by atoms with Crippen LogP contribution in [-0.4, -0.2) is 44.9 Å². The van der Waals surface area contributed by atoms with Crippen molar-refractivity contribution in [3.05, 3.63) is 77.9 Å². The second-order valence-corrected chi connectivity index (χ2v) is 7.36. The van der Waals surface area contributed by atoms with Crippen LogP contribution in [0.25, 0.3) is 5.69 Å². The summed E-state index contributed by atoms with van der Waals surface area (Å²) in [5.41, 5.74) is 4.17. The fraction of sp³-hybridized carbons (Fsp3) is 0.273. The Hall–Kier alpha value is -2.90. The van der Waals surface area contributed by atoms with Gasteiger partial charge in [0.1, 0.15) is 5.75 Å². The van der Waals surface area contributed by atoms with E-state index in [9.17, 15) is 5.11 Å². The van der Waals surface area contributed by atoms with Gasteiger partial charge in [0.2, 0.25) is 0 Å². The van der Waals surface area contributed by atoms with Gasteiger partial charge in [0.05, 0.1) is 31.5 Å². The maximum absolute atomic E-state index is 9.65. The SMILES string of the molecule is COc1ccc(-n2c(C)ccc2C2C(c3ccccn3)NC(=S)N2CCO)cc1. The van der Waals surface area contributed by atoms with Crippen LogP contribution in [0.3, 0.4) is 0 Å². The van der Waals surface area contributed by atoms with Crippen LogP contribution in [0.15, 0.2) is 60.8 Å². The first kappa shape index (κ1) is 19.4. The number of thiocarbonyl (C=S) groups is 1. The zero-order valence-electron chi connectivity index (χ0n) is 16.4. The molecule has 2 N–H and O–H groups in total. The van der Waals surface area contributed by atoms with Crippen molar-refractivity contribution in [3.8, 4) is 11.4 Å². The summed E-state index contributed by atoms with van der Waals surface area (Å²) in [5.74, 6) is 0.817. The Bertz CT molecular complexity index is 988. The lowest BCUT2D eigenvalue weighted by Gasteiger charge is -2.28. The zero-order chi connectivity index (χ0) is 20.4. The summed E-state index contributed by atoms with van der Waals surface area (Å²) in [7, 11) is 1.66. The highest BCUT2D eigenvalue weighted by molar-refractivity contribution is 7.80. The second kappa shape index (κ2) is 8.23. The van der Waals surface area contributed by atoms with Crippen molar-refractivity contribution in [2.45, 2.75) is 19.0 Å². The molecule has 0 amide bonds. The Morgan fingerprint density at radius 2 is 1.93 bits per heavy atom. The smallest absolute Gasteiger partial charge is 0.170 e. The van der Waals surface area contributed by atoms with E-state index in [-0.39, 0.29) is 18.7 Å². The number of nitrogens with zero attached hydrogens (tertiary/aromatic N) is 3. The summed E-state index contributed by atoms with van der Waals surface area (Å²) in [6.45, 7) is 2.56. The predicted molar refractivity (Wildman–Crippen MR) is 116 cm³/mol. The summed E-state index contributed by atoms with van der Waals surface area (Å²) in [4.78, 5) is 6.61. The van der Waals surface area contributed by atoms with Gasteiger partial charge in [-0.1, -0.05) is 6.07 Å². The Kier molecular flexibility index (Phi) is 5.51. The van der Waals surface area contributed by atoms with Gasteiger partial charge in [0, 0.05) is 29.8 Å². The van der Waals surface area contributed by atoms with Crippen LogP contribution in [0.2, 0.25) is 0 Å². The molecule has 1 aromatic carbocycles. The van der Waals surface area contributed by atoms with E-state index in [0.717, 1.165) is 28.5 Å². The predicted octanol–water partition coefficient (Wildman–Crippen LogP) is 3.15. The average molecular weight is 409 g/mol. The molecule has 2 atom stereocenters. The number of β-amino-alcohol motifs (C(OH)–C–C–N with tert-alkyl or cyclic N) is 1. The molecule has 1 aliphatic heterocycles. The molecule has 7 heteroatoms. The minimum atomic E-state index is -0.110. The van der Waals surface area contributed by atoms with E-state index in [2.05, 4.69) is 33.9 Å². The number of ether oxygens (including phenoxy) is 1. The molecule has 4 rings (SSSR count). The van der Waals surface area contributed by atoms with Gasteiger partial charge in [-0.05, 0) is 67.7 Å². The highest BCUT2D eigenvalue weighted by atomic mass is 32.1. The number of pyridine rings is 1. The Morgan fingerprint density at radius 3 is 2.59 bits per heavy atom. The molecule has 29 heavy (non-hydrogen) atoms. The van der Waals surface area contributed by atoms with Gasteiger partial charge in [0.25, 0.3) is 0 Å². The number of aliphatic hydroxyl groups excluding tert-OH is 1. The molecule has 3 heterocycles. The van der Waals surface area contributed by atoms with Crippen molar-refractivity contribution in [2.24, 2.45) is 0 Å². The van der Waals surface area contributed by atoms with Crippen LogP contribution in [0.4, 0.5) is 0 Å². The van der Waals surface area contributed by atoms with Crippen LogP contribution in [0, 0.1) is 6.92 Å². The van der Waals surface area contributed by atoms with Crippen molar-refractivity contribution >= 4 is 17.3 Å². The van der Waals surface area contributed by atoms with Crippen LogP contribution >= 0.6 is 12.2 Å². The first-order valence-electron chi connectivity index (χ1n) is 9.55. The maximum atomic E-state index is 9.65. The van der Waals surface area contributed by atoms with Gasteiger partial charge in [-0.3, -0.25) is 4.98 Å². The minimum Gasteiger partial charge on any atom is -0.497 e. The molecule has 1 saturated heterocycles. The summed E-state index contributed by atoms with van der Waals surface area (Å²) < 4.78 is 7.53. The molecule has 0 saturated carbocycles. The van der Waals surface area contributed by atoms with Gasteiger partial charge in [-0.15, -0.1) is 0 Å². The Labute approximate surface area is 175 Å². The molecule has 1 fully saturated rings. The molecule has 0 radical (unpaired) electrons. The third kappa shape index (κ3) is 3.59. The van der Waals surface area contributed by atoms with Gasteiger partial charge >= 0.3 is 0 Å². The third-order valence-corrected chi connectivity index (χ3v) is 5.63. The van der Waals surface area contributed by atoms with Gasteiger partial charge in [-0.25, -0.2) is 0 Å². The van der Waals surface area contributed by atoms with Gasteiger partial charge in [-0.2, -0.15) is 0 Å². The van der Waals surface area contributed by atoms with Crippen LogP contribution in [0.5, 0.6) is 5.75 Å². The van der Waals surface area contributed by atoms with Crippen LogP contribution in [-0.2, 0) is 0 Å². The van der Waals surface area contributed by atoms with E-state index >= 15 is 0 Å². The Balaban J connectivity index is 1.82. The molecule has 0 bridgehead atoms. The molecule has 3 aromatic rings. The minimum absolute atomic E-state index is 0.0233. The maximum Gasteiger partial charge on any atom is 0.170 e. The number of rotatable bonds is 6. The number of aryl methyl sites for hydroxylation is 1. The van der Waals surface area contributed by atoms with Gasteiger partial charge in [0.15, 0.2) is 5.11 Å². The van der Waals surface area contributed by atoms with E-state index in [1.165, 1.54) is 0 Å². The highest BCUT2D eigenvalue weighted by Crippen LogP contribution is 2.40. The standard InChI is InChI=1S/C22H24N4O2S/c1-15-6-11-19(26(15)16-7-9-17(28-2)10-8-16)21-20(18-5-3-4-12-23-18)24-22(29)25(21)13-14-27/h3-12,20-21,27H,13-14H2,1-2H3,(H,24,29). The molecular formula is C22H24N4O2S. The van der Waals surface area contributed by atoms with E-state index in [4.69, 9.17) is 17.0 Å². The number of hydrogen-bond donors (Lipinski definition) is 2. The normalized spacial score (nSPS) is 18.7. The van der Waals surface area contributed by atoms with Crippen molar-refractivity contribution < 1.29 is 9.84 Å². The van der Waals surface area contributed by atoms with E-state index in [1.807, 2.05) is 47.4 Å². The van der Waals surface area contributed by atoms with Crippen molar-refractivity contribution in [3.63, 3.8) is 0 Å². The number of methoxy groups -OCH3 is 1. The van der Waals surface area contributed by atoms with Crippen LogP contribution < -0.4 is 10.1 Å². The summed E-state index contributed by atoms with van der Waals surface area (Å²) in [6, 6.07) is 17.9. The molecule has 2 aromatic heterocycles. The van der Waals surface area contributed by atoms with Crippen molar-refractivity contribution in [1.29, 1.82) is 0 Å². The van der Waals surface area contributed by atoms with E-state index < -0.39 is 0 Å². The van der Waals surface area contributed by atoms with Crippen molar-refractivity contribution in [2.75, 3.05) is 20.3 Å². The van der Waals surface area contributed by atoms with Gasteiger partial charge < -0.3 is 24.6 Å². The number of hydrogen-bond acceptors (Lipinski definition) is 4. The lowest BCUT2D eigenvalue weighted by atomic mass is 10.0. The third-order valence-electron chi connectivity index (χ3n) is 5.28. The lowest BCUT2D eigenvalue weighted by Crippen LogP contribution is -2.33. The molecule has 1 aliphatic rings. The number of aliphatic hydroxyl groups is 1. The average Bonchev–Trinajstić information content (AvgIpc) is 3.29. The highest BCUT2D eigenvalue weighted by Gasteiger charge is 2.41. The monoisotopic (exact) mass is 408 g/mol. The zero-order valence-corrected chi connectivity index (χ0v) is 17.3. The second-order valence-electron chi connectivity index (χ2n) is 6.98. The van der Waals surface area contributed by atoms with E-state index in [0.29, 0.717) is 11.7 Å². The molecule has 2 unspecified atom stereocenters. The molecule has 6 nitrogen and oxygen atoms in total. The lowest BCUT2D eigenvalue weighted by molar-refractivity contribution is 0.220. The van der Waals surface area contributed by atoms with E-state index in [1.54, 1.807) is 13.3 Å². The number of benzene rings is 1. The molecule has 150 valence electrons. The first-order chi connectivity index (χ1) is 14.1. The first-order valence-corrected chi connectivity index (χ1v) is 9.96. The topological polar surface area (TPSA) is 62.5 Å². The fourth-order valence-corrected chi connectivity index (χ4v) is 4.28. The Morgan fingerprint density at radius 1 is 1.14 bits per heavy atom. The number of aromatic nitrogens is 2. The number of nitrogens with one attached hydrogen (secondary N) is 1. The fourth-order valence-electron chi connectivity index (χ4n) is 3.95. The quantitative estimate of drug-likeness (QED) is 0.611. The molecular weight excluding hydrogens is 384 g/mol.